The van der Waals surface area contributed by atoms with Crippen LogP contribution >= 0.6 is 0 Å². The van der Waals surface area contributed by atoms with Gasteiger partial charge < -0.3 is 15.0 Å². The third-order valence-electron chi connectivity index (χ3n) is 4.26. The van der Waals surface area contributed by atoms with Gasteiger partial charge in [0.2, 0.25) is 11.7 Å². The van der Waals surface area contributed by atoms with Crippen LogP contribution in [0.1, 0.15) is 17.0 Å². The Morgan fingerprint density at radius 2 is 2.00 bits per heavy atom. The fraction of sp³-hybridized carbons (Fsp3) is 0.263. The molecule has 1 aromatic heterocycles. The highest BCUT2D eigenvalue weighted by atomic mass is 16.5. The molecule has 5 heteroatoms. The van der Waals surface area contributed by atoms with Crippen LogP contribution in [0.25, 0.3) is 22.5 Å². The Hall–Kier alpha value is -2.66. The van der Waals surface area contributed by atoms with Gasteiger partial charge >= 0.3 is 0 Å². The first kappa shape index (κ1) is 14.9. The Balaban J connectivity index is 1.80. The lowest BCUT2D eigenvalue weighted by Crippen LogP contribution is -2.24. The summed E-state index contributed by atoms with van der Waals surface area (Å²) >= 11 is 0. The van der Waals surface area contributed by atoms with Crippen molar-refractivity contribution in [3.05, 3.63) is 53.4 Å². The number of rotatable bonds is 3. The third kappa shape index (κ3) is 2.57. The van der Waals surface area contributed by atoms with E-state index in [0.717, 1.165) is 28.9 Å². The molecule has 2 aromatic carbocycles. The van der Waals surface area contributed by atoms with Gasteiger partial charge in [-0.15, -0.1) is 0 Å². The molecule has 0 aliphatic carbocycles. The minimum Gasteiger partial charge on any atom is -0.488 e. The average Bonchev–Trinajstić information content (AvgIpc) is 3.20. The lowest BCUT2D eigenvalue weighted by Gasteiger charge is -2.12. The first-order valence-corrected chi connectivity index (χ1v) is 8.05. The summed E-state index contributed by atoms with van der Waals surface area (Å²) in [6.45, 7) is 4.41. The molecule has 0 spiro atoms. The molecule has 0 bridgehead atoms. The molecular weight excluding hydrogens is 302 g/mol. The van der Waals surface area contributed by atoms with E-state index >= 15 is 0 Å². The number of fused-ring (bicyclic) bond motifs is 1. The summed E-state index contributed by atoms with van der Waals surface area (Å²) in [5.41, 5.74) is 11.3. The third-order valence-corrected chi connectivity index (χ3v) is 4.26. The molecule has 0 radical (unpaired) electrons. The average molecular weight is 321 g/mol. The number of ether oxygens (including phenoxy) is 1. The zero-order chi connectivity index (χ0) is 16.7. The molecule has 0 saturated carbocycles. The highest BCUT2D eigenvalue weighted by Gasteiger charge is 2.25. The summed E-state index contributed by atoms with van der Waals surface area (Å²) in [6.07, 6.45) is 0.924. The smallest absolute Gasteiger partial charge is 0.223 e. The van der Waals surface area contributed by atoms with Crippen LogP contribution in [0.2, 0.25) is 0 Å². The number of nitrogens with two attached hydrogens (primary N) is 1. The molecule has 0 amide bonds. The van der Waals surface area contributed by atoms with E-state index in [1.807, 2.05) is 12.1 Å². The van der Waals surface area contributed by atoms with Gasteiger partial charge in [-0.2, -0.15) is 4.98 Å². The maximum Gasteiger partial charge on any atom is 0.223 e. The first-order valence-electron chi connectivity index (χ1n) is 8.05. The van der Waals surface area contributed by atoms with Crippen LogP contribution in [0.3, 0.4) is 0 Å². The monoisotopic (exact) mass is 321 g/mol. The molecule has 122 valence electrons. The maximum absolute atomic E-state index is 6.07. The molecule has 3 aromatic rings. The van der Waals surface area contributed by atoms with E-state index < -0.39 is 0 Å². The Bertz CT molecular complexity index is 901. The quantitative estimate of drug-likeness (QED) is 0.801. The lowest BCUT2D eigenvalue weighted by atomic mass is 9.96. The van der Waals surface area contributed by atoms with Crippen molar-refractivity contribution < 1.29 is 9.26 Å². The van der Waals surface area contributed by atoms with Crippen molar-refractivity contribution in [2.75, 3.05) is 6.54 Å². The van der Waals surface area contributed by atoms with Crippen molar-refractivity contribution in [1.82, 2.24) is 10.1 Å². The largest absolute Gasteiger partial charge is 0.488 e. The summed E-state index contributed by atoms with van der Waals surface area (Å²) in [4.78, 5) is 4.31. The molecule has 1 atom stereocenters. The molecule has 5 nitrogen and oxygen atoms in total. The number of nitrogens with zero attached hydrogens (tertiary/aromatic N) is 2. The topological polar surface area (TPSA) is 74.2 Å². The molecule has 4 rings (SSSR count). The Labute approximate surface area is 140 Å². The van der Waals surface area contributed by atoms with Gasteiger partial charge in [0.15, 0.2) is 0 Å². The van der Waals surface area contributed by atoms with E-state index in [1.165, 1.54) is 11.1 Å². The van der Waals surface area contributed by atoms with Crippen molar-refractivity contribution >= 4 is 0 Å². The van der Waals surface area contributed by atoms with Gasteiger partial charge in [-0.25, -0.2) is 0 Å². The van der Waals surface area contributed by atoms with E-state index in [4.69, 9.17) is 15.0 Å². The van der Waals surface area contributed by atoms with E-state index in [-0.39, 0.29) is 6.10 Å². The number of aromatic nitrogens is 2. The van der Waals surface area contributed by atoms with Gasteiger partial charge in [0.1, 0.15) is 11.9 Å². The van der Waals surface area contributed by atoms with Gasteiger partial charge in [0, 0.05) is 31.0 Å². The second-order valence-electron chi connectivity index (χ2n) is 6.20. The highest BCUT2D eigenvalue weighted by molar-refractivity contribution is 5.77. The summed E-state index contributed by atoms with van der Waals surface area (Å²) in [7, 11) is 0. The van der Waals surface area contributed by atoms with Gasteiger partial charge in [0.25, 0.3) is 0 Å². The van der Waals surface area contributed by atoms with Gasteiger partial charge in [-0.1, -0.05) is 29.4 Å². The standard InChI is InChI=1S/C19H19N3O2/c1-11-6-15-9-16(10-20)23-18(15)17(7-11)13-4-3-5-14(8-13)19-21-12(2)24-22-19/h3-8,16H,9-10,20H2,1-2H3/t16-/m1/s1. The van der Waals surface area contributed by atoms with Gasteiger partial charge in [-0.3, -0.25) is 0 Å². The van der Waals surface area contributed by atoms with Crippen LogP contribution in [0.5, 0.6) is 5.75 Å². The van der Waals surface area contributed by atoms with Crippen molar-refractivity contribution in [3.8, 4) is 28.3 Å². The fourth-order valence-electron chi connectivity index (χ4n) is 3.18. The van der Waals surface area contributed by atoms with Crippen LogP contribution in [0.15, 0.2) is 40.9 Å². The van der Waals surface area contributed by atoms with Crippen molar-refractivity contribution in [3.63, 3.8) is 0 Å². The minimum absolute atomic E-state index is 0.0589. The lowest BCUT2D eigenvalue weighted by molar-refractivity contribution is 0.242. The fourth-order valence-corrected chi connectivity index (χ4v) is 3.18. The number of hydrogen-bond donors (Lipinski definition) is 1. The number of aryl methyl sites for hydroxylation is 2. The number of benzene rings is 2. The molecule has 1 aliphatic heterocycles. The number of hydrogen-bond acceptors (Lipinski definition) is 5. The molecule has 2 N–H and O–H groups in total. The Morgan fingerprint density at radius 3 is 2.75 bits per heavy atom. The molecule has 0 saturated heterocycles. The minimum atomic E-state index is 0.0589. The normalized spacial score (nSPS) is 16.0. The SMILES string of the molecule is Cc1cc2c(c(-c3cccc(-c4noc(C)n4)c3)c1)O[C@@H](CN)C2. The van der Waals surface area contributed by atoms with Crippen LogP contribution in [-0.4, -0.2) is 22.8 Å². The Kier molecular flexibility index (Phi) is 3.58. The van der Waals surface area contributed by atoms with Crippen molar-refractivity contribution in [1.29, 1.82) is 0 Å². The summed E-state index contributed by atoms with van der Waals surface area (Å²) in [5, 5.41) is 4.00. The molecule has 24 heavy (non-hydrogen) atoms. The van der Waals surface area contributed by atoms with E-state index in [0.29, 0.717) is 18.3 Å². The molecule has 0 unspecified atom stereocenters. The van der Waals surface area contributed by atoms with Crippen LogP contribution in [-0.2, 0) is 6.42 Å². The Morgan fingerprint density at radius 1 is 1.17 bits per heavy atom. The molecule has 2 heterocycles. The van der Waals surface area contributed by atoms with E-state index in [2.05, 4.69) is 41.3 Å². The van der Waals surface area contributed by atoms with Crippen LogP contribution in [0, 0.1) is 13.8 Å². The molecule has 0 fully saturated rings. The van der Waals surface area contributed by atoms with Crippen molar-refractivity contribution in [2.24, 2.45) is 5.73 Å². The molecular formula is C19H19N3O2. The predicted molar refractivity (Wildman–Crippen MR) is 91.8 cm³/mol. The predicted octanol–water partition coefficient (Wildman–Crippen LogP) is 3.28. The zero-order valence-corrected chi connectivity index (χ0v) is 13.7. The maximum atomic E-state index is 6.07. The second kappa shape index (κ2) is 5.76. The summed E-state index contributed by atoms with van der Waals surface area (Å²) < 4.78 is 11.2. The zero-order valence-electron chi connectivity index (χ0n) is 13.7. The first-order chi connectivity index (χ1) is 11.6. The van der Waals surface area contributed by atoms with E-state index in [9.17, 15) is 0 Å². The van der Waals surface area contributed by atoms with Crippen LogP contribution < -0.4 is 10.5 Å². The highest BCUT2D eigenvalue weighted by Crippen LogP contribution is 2.40. The van der Waals surface area contributed by atoms with Crippen LogP contribution in [0.4, 0.5) is 0 Å². The molecule has 1 aliphatic rings. The van der Waals surface area contributed by atoms with Gasteiger partial charge in [-0.05, 0) is 35.7 Å². The van der Waals surface area contributed by atoms with Gasteiger partial charge in [0.05, 0.1) is 0 Å². The van der Waals surface area contributed by atoms with Crippen molar-refractivity contribution in [2.45, 2.75) is 26.4 Å². The summed E-state index contributed by atoms with van der Waals surface area (Å²) in [6, 6.07) is 12.5. The van der Waals surface area contributed by atoms with E-state index in [1.54, 1.807) is 6.92 Å². The second-order valence-corrected chi connectivity index (χ2v) is 6.20. The summed E-state index contributed by atoms with van der Waals surface area (Å²) in [5.74, 6) is 2.10.